The molecule has 0 aromatic heterocycles. The summed E-state index contributed by atoms with van der Waals surface area (Å²) in [4.78, 5) is 17.2. The van der Waals surface area contributed by atoms with Crippen LogP contribution in [0.5, 0.6) is 0 Å². The molecule has 0 radical (unpaired) electrons. The lowest BCUT2D eigenvalue weighted by atomic mass is 9.71. The van der Waals surface area contributed by atoms with Gasteiger partial charge in [0.25, 0.3) is 0 Å². The van der Waals surface area contributed by atoms with Gasteiger partial charge in [0.05, 0.1) is 5.54 Å². The van der Waals surface area contributed by atoms with Gasteiger partial charge in [-0.05, 0) is 69.3 Å². The summed E-state index contributed by atoms with van der Waals surface area (Å²) in [6.07, 6.45) is 7.36. The topological polar surface area (TPSA) is 32.7 Å². The lowest BCUT2D eigenvalue weighted by Gasteiger charge is -2.38. The van der Waals surface area contributed by atoms with Crippen LogP contribution in [0.1, 0.15) is 49.1 Å². The molecule has 0 amide bonds. The molecular weight excluding hydrogens is 248 g/mol. The van der Waals surface area contributed by atoms with E-state index in [1.54, 1.807) is 6.08 Å². The fourth-order valence-electron chi connectivity index (χ4n) is 3.49. The van der Waals surface area contributed by atoms with E-state index in [0.29, 0.717) is 5.92 Å². The maximum Gasteiger partial charge on any atom is 0.235 e. The zero-order valence-corrected chi connectivity index (χ0v) is 12.1. The molecule has 2 fully saturated rings. The molecule has 2 aliphatic rings. The van der Waals surface area contributed by atoms with Gasteiger partial charge in [0, 0.05) is 0 Å². The van der Waals surface area contributed by atoms with Gasteiger partial charge in [0.15, 0.2) is 0 Å². The van der Waals surface area contributed by atoms with E-state index in [-0.39, 0.29) is 5.54 Å². The van der Waals surface area contributed by atoms with Gasteiger partial charge in [-0.3, -0.25) is 0 Å². The van der Waals surface area contributed by atoms with E-state index in [9.17, 15) is 4.79 Å². The van der Waals surface area contributed by atoms with Gasteiger partial charge in [0.2, 0.25) is 6.08 Å². The molecule has 0 bridgehead atoms. The highest BCUT2D eigenvalue weighted by Crippen LogP contribution is 2.45. The van der Waals surface area contributed by atoms with Crippen molar-refractivity contribution in [1.29, 1.82) is 0 Å². The molecule has 0 atom stereocenters. The number of aliphatic imine (C=N–C) groups is 1. The van der Waals surface area contributed by atoms with Gasteiger partial charge in [-0.1, -0.05) is 24.3 Å². The predicted molar refractivity (Wildman–Crippen MR) is 79.6 cm³/mol. The molecule has 1 aliphatic carbocycles. The van der Waals surface area contributed by atoms with Gasteiger partial charge in [-0.2, -0.15) is 4.99 Å². The van der Waals surface area contributed by atoms with Crippen molar-refractivity contribution in [3.05, 3.63) is 35.4 Å². The lowest BCUT2D eigenvalue weighted by Crippen LogP contribution is -2.32. The number of isocyanates is 1. The van der Waals surface area contributed by atoms with Crippen molar-refractivity contribution in [2.75, 3.05) is 20.1 Å². The normalized spacial score (nSPS) is 22.9. The standard InChI is InChI=1S/C17H22N2O/c1-19-10-6-14(7-11-19)15-4-2-5-16(12-15)17(18-13-20)8-3-9-17/h2,4-5,12,14H,3,6-11H2,1H3. The second kappa shape index (κ2) is 5.51. The zero-order valence-electron chi connectivity index (χ0n) is 12.1. The summed E-state index contributed by atoms with van der Waals surface area (Å²) >= 11 is 0. The molecule has 1 heterocycles. The molecule has 20 heavy (non-hydrogen) atoms. The molecular formula is C17H22N2O. The summed E-state index contributed by atoms with van der Waals surface area (Å²) in [7, 11) is 2.19. The number of piperidine rings is 1. The quantitative estimate of drug-likeness (QED) is 0.624. The number of hydrogen-bond donors (Lipinski definition) is 0. The number of hydrogen-bond acceptors (Lipinski definition) is 3. The van der Waals surface area contributed by atoms with Crippen LogP contribution in [0.3, 0.4) is 0 Å². The molecule has 0 unspecified atom stereocenters. The average molecular weight is 270 g/mol. The Balaban J connectivity index is 1.84. The summed E-state index contributed by atoms with van der Waals surface area (Å²) in [5, 5.41) is 0. The van der Waals surface area contributed by atoms with E-state index in [1.165, 1.54) is 37.1 Å². The Morgan fingerprint density at radius 2 is 2.05 bits per heavy atom. The lowest BCUT2D eigenvalue weighted by molar-refractivity contribution is 0.250. The predicted octanol–water partition coefficient (Wildman–Crippen LogP) is 3.21. The maximum absolute atomic E-state index is 10.7. The highest BCUT2D eigenvalue weighted by atomic mass is 16.1. The summed E-state index contributed by atoms with van der Waals surface area (Å²) in [5.74, 6) is 0.656. The first-order valence-electron chi connectivity index (χ1n) is 7.61. The minimum atomic E-state index is -0.261. The third kappa shape index (κ3) is 2.44. The van der Waals surface area contributed by atoms with Crippen molar-refractivity contribution in [3.8, 4) is 0 Å². The van der Waals surface area contributed by atoms with Crippen molar-refractivity contribution >= 4 is 6.08 Å². The van der Waals surface area contributed by atoms with Gasteiger partial charge in [0.1, 0.15) is 0 Å². The Labute approximate surface area is 120 Å². The molecule has 3 rings (SSSR count). The molecule has 3 nitrogen and oxygen atoms in total. The minimum Gasteiger partial charge on any atom is -0.306 e. The van der Waals surface area contributed by atoms with E-state index in [1.807, 2.05) is 0 Å². The van der Waals surface area contributed by atoms with Crippen molar-refractivity contribution in [2.45, 2.75) is 43.6 Å². The molecule has 1 aliphatic heterocycles. The SMILES string of the molecule is CN1CCC(c2cccc(C3(N=C=O)CCC3)c2)CC1. The first-order valence-corrected chi connectivity index (χ1v) is 7.61. The van der Waals surface area contributed by atoms with Crippen LogP contribution in [0.25, 0.3) is 0 Å². The van der Waals surface area contributed by atoms with E-state index in [2.05, 4.69) is 41.2 Å². The monoisotopic (exact) mass is 270 g/mol. The summed E-state index contributed by atoms with van der Waals surface area (Å²) in [6.45, 7) is 2.35. The van der Waals surface area contributed by atoms with Crippen LogP contribution in [-0.4, -0.2) is 31.1 Å². The largest absolute Gasteiger partial charge is 0.306 e. The molecule has 1 aromatic carbocycles. The van der Waals surface area contributed by atoms with E-state index in [4.69, 9.17) is 0 Å². The summed E-state index contributed by atoms with van der Waals surface area (Å²) in [5.41, 5.74) is 2.37. The second-order valence-electron chi connectivity index (χ2n) is 6.29. The Morgan fingerprint density at radius 1 is 1.30 bits per heavy atom. The summed E-state index contributed by atoms with van der Waals surface area (Å²) in [6, 6.07) is 8.77. The Kier molecular flexibility index (Phi) is 3.73. The molecule has 0 N–H and O–H groups in total. The first-order chi connectivity index (χ1) is 9.73. The van der Waals surface area contributed by atoms with Crippen LogP contribution < -0.4 is 0 Å². The van der Waals surface area contributed by atoms with Crippen molar-refractivity contribution < 1.29 is 4.79 Å². The zero-order chi connectivity index (χ0) is 14.0. The second-order valence-corrected chi connectivity index (χ2v) is 6.29. The van der Waals surface area contributed by atoms with E-state index >= 15 is 0 Å². The van der Waals surface area contributed by atoms with Crippen LogP contribution in [-0.2, 0) is 10.3 Å². The molecule has 106 valence electrons. The highest BCUT2D eigenvalue weighted by Gasteiger charge is 2.39. The van der Waals surface area contributed by atoms with Crippen LogP contribution in [0.4, 0.5) is 0 Å². The number of nitrogens with zero attached hydrogens (tertiary/aromatic N) is 2. The number of benzene rings is 1. The van der Waals surface area contributed by atoms with Gasteiger partial charge in [-0.25, -0.2) is 4.79 Å². The molecule has 0 spiro atoms. The third-order valence-corrected chi connectivity index (χ3v) is 5.05. The van der Waals surface area contributed by atoms with Gasteiger partial charge >= 0.3 is 0 Å². The van der Waals surface area contributed by atoms with Crippen molar-refractivity contribution in [1.82, 2.24) is 4.90 Å². The summed E-state index contributed by atoms with van der Waals surface area (Å²) < 4.78 is 0. The van der Waals surface area contributed by atoms with Crippen LogP contribution in [0.15, 0.2) is 29.3 Å². The Bertz CT molecular complexity index is 522. The molecule has 3 heteroatoms. The van der Waals surface area contributed by atoms with Gasteiger partial charge in [-0.15, -0.1) is 0 Å². The maximum atomic E-state index is 10.7. The fourth-order valence-corrected chi connectivity index (χ4v) is 3.49. The average Bonchev–Trinajstić information content (AvgIpc) is 2.44. The van der Waals surface area contributed by atoms with E-state index < -0.39 is 0 Å². The van der Waals surface area contributed by atoms with Crippen molar-refractivity contribution in [2.24, 2.45) is 4.99 Å². The molecule has 1 saturated carbocycles. The Morgan fingerprint density at radius 3 is 2.65 bits per heavy atom. The number of rotatable bonds is 3. The molecule has 1 saturated heterocycles. The van der Waals surface area contributed by atoms with Crippen molar-refractivity contribution in [3.63, 3.8) is 0 Å². The fraction of sp³-hybridized carbons (Fsp3) is 0.588. The highest BCUT2D eigenvalue weighted by molar-refractivity contribution is 5.41. The third-order valence-electron chi connectivity index (χ3n) is 5.05. The van der Waals surface area contributed by atoms with Gasteiger partial charge < -0.3 is 4.90 Å². The Hall–Kier alpha value is -1.44. The smallest absolute Gasteiger partial charge is 0.235 e. The van der Waals surface area contributed by atoms with Crippen LogP contribution >= 0.6 is 0 Å². The first kappa shape index (κ1) is 13.5. The molecule has 1 aromatic rings. The number of likely N-dealkylation sites (tertiary alicyclic amines) is 1. The number of carbonyl (C=O) groups excluding carboxylic acids is 1. The minimum absolute atomic E-state index is 0.261. The van der Waals surface area contributed by atoms with Crippen LogP contribution in [0, 0.1) is 0 Å². The van der Waals surface area contributed by atoms with Crippen LogP contribution in [0.2, 0.25) is 0 Å². The van der Waals surface area contributed by atoms with E-state index in [0.717, 1.165) is 19.3 Å².